The van der Waals surface area contributed by atoms with Crippen LogP contribution < -0.4 is 10.1 Å². The van der Waals surface area contributed by atoms with E-state index in [-0.39, 0.29) is 18.4 Å². The van der Waals surface area contributed by atoms with Gasteiger partial charge in [-0.15, -0.1) is 0 Å². The lowest BCUT2D eigenvalue weighted by Gasteiger charge is -2.15. The summed E-state index contributed by atoms with van der Waals surface area (Å²) in [7, 11) is 0. The molecule has 0 aromatic heterocycles. The molecule has 116 valence electrons. The van der Waals surface area contributed by atoms with Crippen LogP contribution in [0.2, 0.25) is 0 Å². The fourth-order valence-corrected chi connectivity index (χ4v) is 1.94. The van der Waals surface area contributed by atoms with Crippen LogP contribution >= 0.6 is 0 Å². The van der Waals surface area contributed by atoms with Crippen LogP contribution in [0.15, 0.2) is 24.3 Å². The molecule has 0 saturated carbocycles. The summed E-state index contributed by atoms with van der Waals surface area (Å²) in [5.74, 6) is -0.197. The molecule has 0 spiro atoms. The van der Waals surface area contributed by atoms with Gasteiger partial charge in [-0.3, -0.25) is 9.59 Å². The molecule has 0 heterocycles. The van der Waals surface area contributed by atoms with Gasteiger partial charge in [-0.1, -0.05) is 25.1 Å². The Hall–Kier alpha value is -2.04. The lowest BCUT2D eigenvalue weighted by molar-refractivity contribution is -0.137. The third-order valence-corrected chi connectivity index (χ3v) is 3.18. The zero-order valence-electron chi connectivity index (χ0n) is 12.6. The maximum atomic E-state index is 11.7. The van der Waals surface area contributed by atoms with Crippen LogP contribution in [0.3, 0.4) is 0 Å². The Labute approximate surface area is 125 Å². The number of carbonyl (C=O) groups is 2. The first-order valence-corrected chi connectivity index (χ1v) is 7.22. The SMILES string of the molecule is CCC(CC(=O)O)NC(=O)CCCOc1ccccc1C. The number of para-hydroxylation sites is 1. The number of rotatable bonds is 9. The molecule has 0 aliphatic heterocycles. The van der Waals surface area contributed by atoms with Gasteiger partial charge in [0.05, 0.1) is 13.0 Å². The molecule has 5 heteroatoms. The molecule has 1 atom stereocenters. The van der Waals surface area contributed by atoms with Crippen molar-refractivity contribution in [2.75, 3.05) is 6.61 Å². The van der Waals surface area contributed by atoms with E-state index in [4.69, 9.17) is 9.84 Å². The van der Waals surface area contributed by atoms with Crippen molar-refractivity contribution < 1.29 is 19.4 Å². The van der Waals surface area contributed by atoms with Crippen LogP contribution in [0.4, 0.5) is 0 Å². The fourth-order valence-electron chi connectivity index (χ4n) is 1.94. The van der Waals surface area contributed by atoms with Crippen molar-refractivity contribution in [1.29, 1.82) is 0 Å². The van der Waals surface area contributed by atoms with Gasteiger partial charge in [0.25, 0.3) is 0 Å². The minimum Gasteiger partial charge on any atom is -0.493 e. The Morgan fingerprint density at radius 1 is 1.33 bits per heavy atom. The second-order valence-electron chi connectivity index (χ2n) is 4.99. The number of carboxylic acid groups (broad SMARTS) is 1. The Kier molecular flexibility index (Phi) is 7.29. The van der Waals surface area contributed by atoms with E-state index in [2.05, 4.69) is 5.32 Å². The molecule has 0 saturated heterocycles. The first-order chi connectivity index (χ1) is 10.0. The van der Waals surface area contributed by atoms with Crippen molar-refractivity contribution in [3.8, 4) is 5.75 Å². The van der Waals surface area contributed by atoms with Gasteiger partial charge in [0.15, 0.2) is 0 Å². The standard InChI is InChI=1S/C16H23NO4/c1-3-13(11-16(19)20)17-15(18)9-6-10-21-14-8-5-4-7-12(14)2/h4-5,7-8,13H,3,6,9-11H2,1-2H3,(H,17,18)(H,19,20). The Morgan fingerprint density at radius 3 is 2.67 bits per heavy atom. The van der Waals surface area contributed by atoms with Crippen LogP contribution in [0.1, 0.15) is 38.2 Å². The second kappa shape index (κ2) is 9.00. The van der Waals surface area contributed by atoms with Gasteiger partial charge in [-0.25, -0.2) is 0 Å². The molecule has 21 heavy (non-hydrogen) atoms. The molecular weight excluding hydrogens is 270 g/mol. The molecule has 2 N–H and O–H groups in total. The highest BCUT2D eigenvalue weighted by Gasteiger charge is 2.13. The van der Waals surface area contributed by atoms with E-state index in [1.54, 1.807) is 0 Å². The minimum atomic E-state index is -0.898. The van der Waals surface area contributed by atoms with Crippen molar-refractivity contribution in [2.45, 2.75) is 45.6 Å². The third kappa shape index (κ3) is 6.79. The van der Waals surface area contributed by atoms with Crippen molar-refractivity contribution in [3.05, 3.63) is 29.8 Å². The third-order valence-electron chi connectivity index (χ3n) is 3.18. The Morgan fingerprint density at radius 2 is 2.05 bits per heavy atom. The largest absolute Gasteiger partial charge is 0.493 e. The second-order valence-corrected chi connectivity index (χ2v) is 4.99. The number of carboxylic acids is 1. The molecular formula is C16H23NO4. The van der Waals surface area contributed by atoms with E-state index in [9.17, 15) is 9.59 Å². The molecule has 0 bridgehead atoms. The monoisotopic (exact) mass is 293 g/mol. The van der Waals surface area contributed by atoms with Gasteiger partial charge in [-0.2, -0.15) is 0 Å². The highest BCUT2D eigenvalue weighted by atomic mass is 16.5. The lowest BCUT2D eigenvalue weighted by atomic mass is 10.1. The van der Waals surface area contributed by atoms with Gasteiger partial charge in [-0.05, 0) is 31.4 Å². The highest BCUT2D eigenvalue weighted by Crippen LogP contribution is 2.16. The molecule has 0 fully saturated rings. The number of hydrogen-bond donors (Lipinski definition) is 2. The summed E-state index contributed by atoms with van der Waals surface area (Å²) in [6.45, 7) is 4.29. The van der Waals surface area contributed by atoms with E-state index in [1.807, 2.05) is 38.1 Å². The van der Waals surface area contributed by atoms with Crippen molar-refractivity contribution in [3.63, 3.8) is 0 Å². The summed E-state index contributed by atoms with van der Waals surface area (Å²) in [4.78, 5) is 22.3. The lowest BCUT2D eigenvalue weighted by Crippen LogP contribution is -2.36. The molecule has 0 radical (unpaired) electrons. The first-order valence-electron chi connectivity index (χ1n) is 7.22. The predicted octanol–water partition coefficient (Wildman–Crippen LogP) is 2.52. The Balaban J connectivity index is 2.24. The molecule has 1 amide bonds. The molecule has 1 aromatic carbocycles. The first kappa shape index (κ1) is 17.0. The summed E-state index contributed by atoms with van der Waals surface area (Å²) < 4.78 is 5.61. The number of aliphatic carboxylic acids is 1. The number of hydrogen-bond acceptors (Lipinski definition) is 3. The van der Waals surface area contributed by atoms with Crippen LogP contribution in [-0.4, -0.2) is 29.6 Å². The zero-order chi connectivity index (χ0) is 15.7. The summed E-state index contributed by atoms with van der Waals surface area (Å²) in [6, 6.07) is 7.43. The average molecular weight is 293 g/mol. The number of aryl methyl sites for hydroxylation is 1. The fraction of sp³-hybridized carbons (Fsp3) is 0.500. The molecule has 1 unspecified atom stereocenters. The molecule has 5 nitrogen and oxygen atoms in total. The van der Waals surface area contributed by atoms with Crippen LogP contribution in [0, 0.1) is 6.92 Å². The van der Waals surface area contributed by atoms with Crippen LogP contribution in [0.25, 0.3) is 0 Å². The van der Waals surface area contributed by atoms with E-state index < -0.39 is 5.97 Å². The Bertz CT molecular complexity index is 473. The predicted molar refractivity (Wildman–Crippen MR) is 80.4 cm³/mol. The summed E-state index contributed by atoms with van der Waals surface area (Å²) in [5, 5.41) is 11.5. The molecule has 1 rings (SSSR count). The van der Waals surface area contributed by atoms with Gasteiger partial charge >= 0.3 is 5.97 Å². The zero-order valence-corrected chi connectivity index (χ0v) is 12.6. The maximum absolute atomic E-state index is 11.7. The number of ether oxygens (including phenoxy) is 1. The van der Waals surface area contributed by atoms with Crippen molar-refractivity contribution in [1.82, 2.24) is 5.32 Å². The van der Waals surface area contributed by atoms with Gasteiger partial charge < -0.3 is 15.2 Å². The van der Waals surface area contributed by atoms with E-state index in [0.717, 1.165) is 11.3 Å². The number of carbonyl (C=O) groups excluding carboxylic acids is 1. The topological polar surface area (TPSA) is 75.6 Å². The van der Waals surface area contributed by atoms with E-state index in [0.29, 0.717) is 25.9 Å². The van der Waals surface area contributed by atoms with Crippen molar-refractivity contribution >= 4 is 11.9 Å². The van der Waals surface area contributed by atoms with Gasteiger partial charge in [0.1, 0.15) is 5.75 Å². The van der Waals surface area contributed by atoms with Gasteiger partial charge in [0, 0.05) is 12.5 Å². The number of benzene rings is 1. The van der Waals surface area contributed by atoms with E-state index in [1.165, 1.54) is 0 Å². The van der Waals surface area contributed by atoms with Crippen molar-refractivity contribution in [2.24, 2.45) is 0 Å². The average Bonchev–Trinajstić information content (AvgIpc) is 2.44. The molecule has 0 aliphatic rings. The minimum absolute atomic E-state index is 0.0397. The van der Waals surface area contributed by atoms with Gasteiger partial charge in [0.2, 0.25) is 5.91 Å². The number of nitrogens with one attached hydrogen (secondary N) is 1. The summed E-state index contributed by atoms with van der Waals surface area (Å²) in [6.07, 6.45) is 1.51. The quantitative estimate of drug-likeness (QED) is 0.686. The highest BCUT2D eigenvalue weighted by molar-refractivity contribution is 5.77. The van der Waals surface area contributed by atoms with Crippen LogP contribution in [0.5, 0.6) is 5.75 Å². The molecule has 0 aliphatic carbocycles. The smallest absolute Gasteiger partial charge is 0.305 e. The normalized spacial score (nSPS) is 11.7. The van der Waals surface area contributed by atoms with E-state index >= 15 is 0 Å². The summed E-state index contributed by atoms with van der Waals surface area (Å²) in [5.41, 5.74) is 1.06. The summed E-state index contributed by atoms with van der Waals surface area (Å²) >= 11 is 0. The maximum Gasteiger partial charge on any atom is 0.305 e. The van der Waals surface area contributed by atoms with Crippen LogP contribution in [-0.2, 0) is 9.59 Å². The molecule has 1 aromatic rings. The number of amides is 1.